The summed E-state index contributed by atoms with van der Waals surface area (Å²) in [5.41, 5.74) is 0.866. The minimum atomic E-state index is 0.308. The number of furan rings is 1. The van der Waals surface area contributed by atoms with Crippen LogP contribution in [0, 0.1) is 0 Å². The molecule has 6 heteroatoms. The fourth-order valence-electron chi connectivity index (χ4n) is 2.30. The van der Waals surface area contributed by atoms with Gasteiger partial charge in [-0.15, -0.1) is 10.2 Å². The van der Waals surface area contributed by atoms with Gasteiger partial charge in [0.1, 0.15) is 18.1 Å². The van der Waals surface area contributed by atoms with Crippen LogP contribution in [0.15, 0.2) is 80.0 Å². The Morgan fingerprint density at radius 1 is 0.800 bits per heavy atom. The van der Waals surface area contributed by atoms with E-state index in [0.29, 0.717) is 29.9 Å². The van der Waals surface area contributed by atoms with Crippen molar-refractivity contribution < 1.29 is 13.6 Å². The lowest BCUT2D eigenvalue weighted by Crippen LogP contribution is -1.94. The maximum atomic E-state index is 5.74. The molecule has 0 aliphatic heterocycles. The lowest BCUT2D eigenvalue weighted by Gasteiger charge is -2.05. The molecule has 0 spiro atoms. The highest BCUT2D eigenvalue weighted by atomic mass is 79.9. The minimum Gasteiger partial charge on any atom is -0.484 e. The number of hydrogen-bond donors (Lipinski definition) is 0. The van der Waals surface area contributed by atoms with Crippen molar-refractivity contribution in [2.75, 3.05) is 0 Å². The van der Waals surface area contributed by atoms with Crippen LogP contribution in [0.4, 0.5) is 0 Å². The summed E-state index contributed by atoms with van der Waals surface area (Å²) in [5.74, 6) is 2.74. The molecular weight excluding hydrogens is 384 g/mol. The van der Waals surface area contributed by atoms with Gasteiger partial charge in [-0.25, -0.2) is 0 Å². The van der Waals surface area contributed by atoms with E-state index in [1.807, 2.05) is 60.7 Å². The van der Waals surface area contributed by atoms with Crippen LogP contribution in [0.5, 0.6) is 5.75 Å². The number of rotatable bonds is 5. The highest BCUT2D eigenvalue weighted by Gasteiger charge is 2.14. The van der Waals surface area contributed by atoms with Crippen LogP contribution >= 0.6 is 15.9 Å². The van der Waals surface area contributed by atoms with Gasteiger partial charge < -0.3 is 13.6 Å². The largest absolute Gasteiger partial charge is 0.484 e. The molecule has 0 amide bonds. The molecule has 4 rings (SSSR count). The maximum absolute atomic E-state index is 5.74. The standard InChI is InChI=1S/C19H13BrN2O3/c20-15-8-4-5-9-16(15)23-12-14-10-11-17(24-14)19-22-21-18(25-19)13-6-2-1-3-7-13/h1-11H,12H2. The van der Waals surface area contributed by atoms with E-state index in [1.165, 1.54) is 0 Å². The maximum Gasteiger partial charge on any atom is 0.283 e. The Morgan fingerprint density at radius 2 is 1.56 bits per heavy atom. The Balaban J connectivity index is 1.48. The molecular formula is C19H13BrN2O3. The Hall–Kier alpha value is -2.86. The smallest absolute Gasteiger partial charge is 0.283 e. The molecule has 5 nitrogen and oxygen atoms in total. The molecule has 4 aromatic rings. The molecule has 2 aromatic heterocycles. The zero-order chi connectivity index (χ0) is 17.1. The molecule has 0 N–H and O–H groups in total. The number of para-hydroxylation sites is 1. The van der Waals surface area contributed by atoms with Gasteiger partial charge in [-0.1, -0.05) is 30.3 Å². The van der Waals surface area contributed by atoms with Crippen LogP contribution in [-0.2, 0) is 6.61 Å². The van der Waals surface area contributed by atoms with Crippen molar-refractivity contribution in [1.29, 1.82) is 0 Å². The van der Waals surface area contributed by atoms with Gasteiger partial charge in [-0.3, -0.25) is 0 Å². The summed E-state index contributed by atoms with van der Waals surface area (Å²) < 4.78 is 18.1. The Bertz CT molecular complexity index is 979. The van der Waals surface area contributed by atoms with Crippen molar-refractivity contribution in [2.24, 2.45) is 0 Å². The van der Waals surface area contributed by atoms with Gasteiger partial charge in [-0.05, 0) is 52.3 Å². The van der Waals surface area contributed by atoms with Gasteiger partial charge in [0.05, 0.1) is 4.47 Å². The second-order valence-electron chi connectivity index (χ2n) is 5.26. The van der Waals surface area contributed by atoms with Gasteiger partial charge in [0.25, 0.3) is 5.89 Å². The second-order valence-corrected chi connectivity index (χ2v) is 6.12. The highest BCUT2D eigenvalue weighted by Crippen LogP contribution is 2.27. The number of nitrogens with zero attached hydrogens (tertiary/aromatic N) is 2. The molecule has 2 heterocycles. The summed E-state index contributed by atoms with van der Waals surface area (Å²) in [6, 6.07) is 20.9. The van der Waals surface area contributed by atoms with Gasteiger partial charge in [-0.2, -0.15) is 0 Å². The van der Waals surface area contributed by atoms with E-state index in [-0.39, 0.29) is 0 Å². The van der Waals surface area contributed by atoms with Crippen molar-refractivity contribution in [2.45, 2.75) is 6.61 Å². The van der Waals surface area contributed by atoms with E-state index in [4.69, 9.17) is 13.6 Å². The average molecular weight is 397 g/mol. The first-order valence-corrected chi connectivity index (χ1v) is 8.44. The first-order valence-electron chi connectivity index (χ1n) is 7.65. The summed E-state index contributed by atoms with van der Waals surface area (Å²) >= 11 is 3.45. The molecule has 0 bridgehead atoms. The molecule has 0 aliphatic carbocycles. The van der Waals surface area contributed by atoms with Gasteiger partial charge in [0, 0.05) is 5.56 Å². The first-order chi connectivity index (χ1) is 12.3. The van der Waals surface area contributed by atoms with E-state index in [1.54, 1.807) is 6.07 Å². The molecule has 0 radical (unpaired) electrons. The molecule has 0 atom stereocenters. The number of ether oxygens (including phenoxy) is 1. The second kappa shape index (κ2) is 6.94. The lowest BCUT2D eigenvalue weighted by molar-refractivity contribution is 0.269. The predicted octanol–water partition coefficient (Wildman–Crippen LogP) is 5.34. The highest BCUT2D eigenvalue weighted by molar-refractivity contribution is 9.10. The third kappa shape index (κ3) is 3.49. The van der Waals surface area contributed by atoms with Gasteiger partial charge >= 0.3 is 0 Å². The van der Waals surface area contributed by atoms with Crippen molar-refractivity contribution in [3.8, 4) is 28.9 Å². The first kappa shape index (κ1) is 15.7. The van der Waals surface area contributed by atoms with Crippen molar-refractivity contribution >= 4 is 15.9 Å². The van der Waals surface area contributed by atoms with Crippen LogP contribution < -0.4 is 4.74 Å². The predicted molar refractivity (Wildman–Crippen MR) is 95.9 cm³/mol. The fraction of sp³-hybridized carbons (Fsp3) is 0.0526. The summed E-state index contributed by atoms with van der Waals surface area (Å²) in [6.45, 7) is 0.308. The molecule has 0 aliphatic rings. The summed E-state index contributed by atoms with van der Waals surface area (Å²) in [4.78, 5) is 0. The third-order valence-corrected chi connectivity index (χ3v) is 4.18. The third-order valence-electron chi connectivity index (χ3n) is 3.52. The number of hydrogen-bond acceptors (Lipinski definition) is 5. The van der Waals surface area contributed by atoms with E-state index in [9.17, 15) is 0 Å². The number of aromatic nitrogens is 2. The van der Waals surface area contributed by atoms with Gasteiger partial charge in [0.15, 0.2) is 5.76 Å². The Kier molecular flexibility index (Phi) is 4.35. The topological polar surface area (TPSA) is 61.3 Å². The molecule has 0 unspecified atom stereocenters. The van der Waals surface area contributed by atoms with Crippen LogP contribution in [-0.4, -0.2) is 10.2 Å². The molecule has 2 aromatic carbocycles. The van der Waals surface area contributed by atoms with E-state index >= 15 is 0 Å². The summed E-state index contributed by atoms with van der Waals surface area (Å²) in [7, 11) is 0. The van der Waals surface area contributed by atoms with Crippen LogP contribution in [0.3, 0.4) is 0 Å². The molecule has 25 heavy (non-hydrogen) atoms. The Labute approximate surface area is 152 Å². The van der Waals surface area contributed by atoms with Gasteiger partial charge in [0.2, 0.25) is 5.89 Å². The van der Waals surface area contributed by atoms with Crippen LogP contribution in [0.25, 0.3) is 23.1 Å². The fourth-order valence-corrected chi connectivity index (χ4v) is 2.70. The molecule has 124 valence electrons. The number of benzene rings is 2. The molecule has 0 saturated carbocycles. The minimum absolute atomic E-state index is 0.308. The van der Waals surface area contributed by atoms with Crippen LogP contribution in [0.1, 0.15) is 5.76 Å². The summed E-state index contributed by atoms with van der Waals surface area (Å²) in [5, 5.41) is 8.11. The summed E-state index contributed by atoms with van der Waals surface area (Å²) in [6.07, 6.45) is 0. The van der Waals surface area contributed by atoms with Crippen LogP contribution in [0.2, 0.25) is 0 Å². The van der Waals surface area contributed by atoms with Crippen molar-refractivity contribution in [3.05, 3.63) is 77.0 Å². The van der Waals surface area contributed by atoms with Crippen molar-refractivity contribution in [3.63, 3.8) is 0 Å². The average Bonchev–Trinajstić information content (AvgIpc) is 3.31. The molecule has 0 fully saturated rings. The zero-order valence-electron chi connectivity index (χ0n) is 13.1. The van der Waals surface area contributed by atoms with E-state index in [0.717, 1.165) is 15.8 Å². The van der Waals surface area contributed by atoms with E-state index < -0.39 is 0 Å². The monoisotopic (exact) mass is 396 g/mol. The Morgan fingerprint density at radius 3 is 2.40 bits per heavy atom. The van der Waals surface area contributed by atoms with Crippen molar-refractivity contribution in [1.82, 2.24) is 10.2 Å². The quantitative estimate of drug-likeness (QED) is 0.455. The molecule has 0 saturated heterocycles. The normalized spacial score (nSPS) is 10.8. The van der Waals surface area contributed by atoms with E-state index in [2.05, 4.69) is 26.1 Å². The number of halogens is 1. The lowest BCUT2D eigenvalue weighted by atomic mass is 10.2. The zero-order valence-corrected chi connectivity index (χ0v) is 14.6. The SMILES string of the molecule is Brc1ccccc1OCc1ccc(-c2nnc(-c3ccccc3)o2)o1.